The van der Waals surface area contributed by atoms with Crippen molar-refractivity contribution in [3.63, 3.8) is 0 Å². The van der Waals surface area contributed by atoms with Crippen LogP contribution in [0.4, 0.5) is 11.4 Å². The van der Waals surface area contributed by atoms with Crippen LogP contribution >= 0.6 is 0 Å². The van der Waals surface area contributed by atoms with Crippen molar-refractivity contribution in [3.05, 3.63) is 18.2 Å². The summed E-state index contributed by atoms with van der Waals surface area (Å²) in [5.74, 6) is 0.660. The Morgan fingerprint density at radius 1 is 1.32 bits per heavy atom. The minimum absolute atomic E-state index is 0.163. The van der Waals surface area contributed by atoms with Crippen LogP contribution in [0.1, 0.15) is 18.9 Å². The van der Waals surface area contributed by atoms with Gasteiger partial charge >= 0.3 is 0 Å². The number of nitrogens with zero attached hydrogens (tertiary/aromatic N) is 4. The van der Waals surface area contributed by atoms with Gasteiger partial charge in [0.1, 0.15) is 0 Å². The normalized spacial score (nSPS) is 19.5. The molecule has 2 heterocycles. The van der Waals surface area contributed by atoms with Gasteiger partial charge < -0.3 is 16.2 Å². The quantitative estimate of drug-likeness (QED) is 0.776. The summed E-state index contributed by atoms with van der Waals surface area (Å²) >= 11 is 0. The van der Waals surface area contributed by atoms with Crippen molar-refractivity contribution in [1.82, 2.24) is 20.2 Å². The average molecular weight is 260 g/mol. The highest BCUT2D eigenvalue weighted by molar-refractivity contribution is 5.74. The molecule has 0 radical (unpaired) electrons. The summed E-state index contributed by atoms with van der Waals surface area (Å²) in [6, 6.07) is 5.51. The van der Waals surface area contributed by atoms with Gasteiger partial charge in [0.2, 0.25) is 0 Å². The molecule has 4 N–H and O–H groups in total. The van der Waals surface area contributed by atoms with E-state index in [4.69, 9.17) is 16.2 Å². The van der Waals surface area contributed by atoms with Crippen molar-refractivity contribution in [2.24, 2.45) is 0 Å². The molecular weight excluding hydrogens is 244 g/mol. The summed E-state index contributed by atoms with van der Waals surface area (Å²) in [6.07, 6.45) is 2.02. The Labute approximate surface area is 110 Å². The Morgan fingerprint density at radius 3 is 2.95 bits per heavy atom. The van der Waals surface area contributed by atoms with Crippen LogP contribution in [-0.4, -0.2) is 33.4 Å². The molecule has 7 nitrogen and oxygen atoms in total. The van der Waals surface area contributed by atoms with Crippen LogP contribution in [-0.2, 0) is 4.74 Å². The van der Waals surface area contributed by atoms with Gasteiger partial charge in [0.05, 0.1) is 12.6 Å². The van der Waals surface area contributed by atoms with Crippen molar-refractivity contribution < 1.29 is 4.74 Å². The van der Waals surface area contributed by atoms with Gasteiger partial charge in [-0.2, -0.15) is 0 Å². The van der Waals surface area contributed by atoms with Gasteiger partial charge in [0.15, 0.2) is 5.82 Å². The first-order valence-electron chi connectivity index (χ1n) is 6.26. The lowest BCUT2D eigenvalue weighted by Gasteiger charge is -2.22. The highest BCUT2D eigenvalue weighted by Crippen LogP contribution is 2.29. The molecule has 2 aromatic rings. The van der Waals surface area contributed by atoms with Crippen LogP contribution in [0.25, 0.3) is 11.4 Å². The number of nitrogens with two attached hydrogens (primary N) is 2. The maximum absolute atomic E-state index is 5.99. The SMILES string of the molecule is Nc1ccc(-c2nnnn2C2CCCOC2)c(N)c1. The van der Waals surface area contributed by atoms with Crippen LogP contribution < -0.4 is 11.5 Å². The van der Waals surface area contributed by atoms with E-state index in [1.54, 1.807) is 16.8 Å². The smallest absolute Gasteiger partial charge is 0.184 e. The van der Waals surface area contributed by atoms with E-state index in [0.717, 1.165) is 25.0 Å². The Hall–Kier alpha value is -2.15. The van der Waals surface area contributed by atoms with Gasteiger partial charge in [0.25, 0.3) is 0 Å². The molecule has 7 heteroatoms. The van der Waals surface area contributed by atoms with E-state index in [9.17, 15) is 0 Å². The maximum Gasteiger partial charge on any atom is 0.184 e. The molecule has 1 aliphatic heterocycles. The van der Waals surface area contributed by atoms with Gasteiger partial charge in [-0.25, -0.2) is 4.68 Å². The zero-order valence-corrected chi connectivity index (χ0v) is 10.5. The van der Waals surface area contributed by atoms with Crippen LogP contribution in [0.15, 0.2) is 18.2 Å². The van der Waals surface area contributed by atoms with E-state index in [1.807, 2.05) is 6.07 Å². The van der Waals surface area contributed by atoms with Crippen molar-refractivity contribution in [2.75, 3.05) is 24.7 Å². The first-order chi connectivity index (χ1) is 9.25. The van der Waals surface area contributed by atoms with E-state index in [-0.39, 0.29) is 6.04 Å². The highest BCUT2D eigenvalue weighted by Gasteiger charge is 2.22. The molecule has 1 fully saturated rings. The highest BCUT2D eigenvalue weighted by atomic mass is 16.5. The predicted molar refractivity (Wildman–Crippen MR) is 71.2 cm³/mol. The molecule has 19 heavy (non-hydrogen) atoms. The summed E-state index contributed by atoms with van der Waals surface area (Å²) in [5, 5.41) is 11.9. The van der Waals surface area contributed by atoms with E-state index in [2.05, 4.69) is 15.5 Å². The molecule has 1 atom stereocenters. The molecule has 1 aliphatic rings. The fourth-order valence-electron chi connectivity index (χ4n) is 2.32. The fourth-order valence-corrected chi connectivity index (χ4v) is 2.32. The number of aromatic nitrogens is 4. The minimum atomic E-state index is 0.163. The number of benzene rings is 1. The largest absolute Gasteiger partial charge is 0.399 e. The molecule has 0 saturated carbocycles. The van der Waals surface area contributed by atoms with Gasteiger partial charge in [0, 0.05) is 23.5 Å². The molecular formula is C12H16N6O. The third kappa shape index (κ3) is 2.24. The maximum atomic E-state index is 5.99. The molecule has 1 aromatic carbocycles. The Balaban J connectivity index is 1.99. The second kappa shape index (κ2) is 4.85. The lowest BCUT2D eigenvalue weighted by atomic mass is 10.1. The van der Waals surface area contributed by atoms with Gasteiger partial charge in [-0.3, -0.25) is 0 Å². The van der Waals surface area contributed by atoms with Gasteiger partial charge in [-0.1, -0.05) is 0 Å². The molecule has 0 bridgehead atoms. The zero-order chi connectivity index (χ0) is 13.2. The van der Waals surface area contributed by atoms with E-state index >= 15 is 0 Å². The molecule has 100 valence electrons. The lowest BCUT2D eigenvalue weighted by Crippen LogP contribution is -2.23. The molecule has 0 amide bonds. The van der Waals surface area contributed by atoms with Gasteiger partial charge in [-0.05, 0) is 41.5 Å². The number of nitrogen functional groups attached to an aromatic ring is 2. The van der Waals surface area contributed by atoms with Crippen LogP contribution in [0, 0.1) is 0 Å². The second-order valence-corrected chi connectivity index (χ2v) is 4.66. The average Bonchev–Trinajstić information content (AvgIpc) is 2.89. The lowest BCUT2D eigenvalue weighted by molar-refractivity contribution is 0.0548. The number of rotatable bonds is 2. The topological polar surface area (TPSA) is 105 Å². The third-order valence-corrected chi connectivity index (χ3v) is 3.29. The Kier molecular flexibility index (Phi) is 3.04. The van der Waals surface area contributed by atoms with Crippen LogP contribution in [0.3, 0.4) is 0 Å². The van der Waals surface area contributed by atoms with Crippen molar-refractivity contribution in [1.29, 1.82) is 0 Å². The predicted octanol–water partition coefficient (Wildman–Crippen LogP) is 0.856. The van der Waals surface area contributed by atoms with E-state index in [1.165, 1.54) is 0 Å². The van der Waals surface area contributed by atoms with E-state index < -0.39 is 0 Å². The molecule has 3 rings (SSSR count). The number of hydrogen-bond donors (Lipinski definition) is 2. The number of hydrogen-bond acceptors (Lipinski definition) is 6. The monoisotopic (exact) mass is 260 g/mol. The molecule has 1 unspecified atom stereocenters. The summed E-state index contributed by atoms with van der Waals surface area (Å²) in [4.78, 5) is 0. The number of tetrazole rings is 1. The van der Waals surface area contributed by atoms with Crippen molar-refractivity contribution in [3.8, 4) is 11.4 Å². The summed E-state index contributed by atoms with van der Waals surface area (Å²) < 4.78 is 7.27. The first kappa shape index (κ1) is 11.9. The molecule has 0 spiro atoms. The van der Waals surface area contributed by atoms with Gasteiger partial charge in [-0.15, -0.1) is 5.10 Å². The Morgan fingerprint density at radius 2 is 2.21 bits per heavy atom. The number of ether oxygens (including phenoxy) is 1. The minimum Gasteiger partial charge on any atom is -0.399 e. The van der Waals surface area contributed by atoms with E-state index in [0.29, 0.717) is 23.8 Å². The first-order valence-corrected chi connectivity index (χ1v) is 6.26. The zero-order valence-electron chi connectivity index (χ0n) is 10.5. The summed E-state index contributed by atoms with van der Waals surface area (Å²) in [7, 11) is 0. The molecule has 1 aromatic heterocycles. The molecule has 0 aliphatic carbocycles. The van der Waals surface area contributed by atoms with Crippen LogP contribution in [0.5, 0.6) is 0 Å². The van der Waals surface area contributed by atoms with Crippen molar-refractivity contribution >= 4 is 11.4 Å². The summed E-state index contributed by atoms with van der Waals surface area (Å²) in [6.45, 7) is 1.44. The fraction of sp³-hybridized carbons (Fsp3) is 0.417. The standard InChI is InChI=1S/C12H16N6O/c13-8-3-4-10(11(14)6-8)12-15-16-17-18(12)9-2-1-5-19-7-9/h3-4,6,9H,1-2,5,7,13-14H2. The second-order valence-electron chi connectivity index (χ2n) is 4.66. The number of anilines is 2. The summed E-state index contributed by atoms with van der Waals surface area (Å²) in [5.41, 5.74) is 13.7. The molecule has 1 saturated heterocycles. The Bertz CT molecular complexity index is 575. The van der Waals surface area contributed by atoms with Crippen LogP contribution in [0.2, 0.25) is 0 Å². The van der Waals surface area contributed by atoms with Crippen molar-refractivity contribution in [2.45, 2.75) is 18.9 Å². The third-order valence-electron chi connectivity index (χ3n) is 3.29.